The second-order valence-corrected chi connectivity index (χ2v) is 5.60. The van der Waals surface area contributed by atoms with E-state index in [1.165, 1.54) is 11.8 Å². The molecule has 0 fully saturated rings. The first kappa shape index (κ1) is 14.0. The molecule has 0 atom stereocenters. The highest BCUT2D eigenvalue weighted by Gasteiger charge is 2.11. The van der Waals surface area contributed by atoms with Crippen LogP contribution >= 0.6 is 23.4 Å². The molecular weight excluding hydrogens is 280 g/mol. The van der Waals surface area contributed by atoms with Crippen molar-refractivity contribution in [3.8, 4) is 0 Å². The van der Waals surface area contributed by atoms with E-state index in [1.54, 1.807) is 18.2 Å². The van der Waals surface area contributed by atoms with Gasteiger partial charge in [0.1, 0.15) is 0 Å². The standard InChI is InChI=1S/C15H13ClO2S/c1-2-10-3-8-14(13(9-10)15(17)18)19-12-6-4-11(16)5-7-12/h3-9H,2H2,1H3,(H,17,18). The summed E-state index contributed by atoms with van der Waals surface area (Å²) in [5.41, 5.74) is 1.37. The maximum Gasteiger partial charge on any atom is 0.336 e. The molecule has 1 N–H and O–H groups in total. The van der Waals surface area contributed by atoms with Crippen LogP contribution in [0.5, 0.6) is 0 Å². The molecule has 2 aromatic carbocycles. The largest absolute Gasteiger partial charge is 0.478 e. The molecule has 0 saturated heterocycles. The first-order valence-electron chi connectivity index (χ1n) is 5.90. The number of halogens is 1. The fraction of sp³-hybridized carbons (Fsp3) is 0.133. The summed E-state index contributed by atoms with van der Waals surface area (Å²) in [6.45, 7) is 2.01. The number of hydrogen-bond acceptors (Lipinski definition) is 2. The van der Waals surface area contributed by atoms with Gasteiger partial charge in [-0.1, -0.05) is 36.4 Å². The van der Waals surface area contributed by atoms with E-state index in [9.17, 15) is 9.90 Å². The molecule has 0 unspecified atom stereocenters. The van der Waals surface area contributed by atoms with Crippen molar-refractivity contribution in [2.24, 2.45) is 0 Å². The van der Waals surface area contributed by atoms with Crippen LogP contribution in [0.1, 0.15) is 22.8 Å². The Hall–Kier alpha value is -1.45. The molecule has 98 valence electrons. The van der Waals surface area contributed by atoms with Gasteiger partial charge in [0.2, 0.25) is 0 Å². The fourth-order valence-corrected chi connectivity index (χ4v) is 2.73. The van der Waals surface area contributed by atoms with E-state index in [0.29, 0.717) is 10.6 Å². The van der Waals surface area contributed by atoms with Gasteiger partial charge >= 0.3 is 5.97 Å². The van der Waals surface area contributed by atoms with Crippen molar-refractivity contribution in [2.45, 2.75) is 23.1 Å². The minimum atomic E-state index is -0.897. The summed E-state index contributed by atoms with van der Waals surface area (Å²) in [6, 6.07) is 12.9. The number of rotatable bonds is 4. The summed E-state index contributed by atoms with van der Waals surface area (Å²) in [5, 5.41) is 9.94. The minimum Gasteiger partial charge on any atom is -0.478 e. The first-order chi connectivity index (χ1) is 9.10. The number of hydrogen-bond donors (Lipinski definition) is 1. The lowest BCUT2D eigenvalue weighted by atomic mass is 10.1. The third-order valence-corrected chi connectivity index (χ3v) is 4.06. The van der Waals surface area contributed by atoms with Gasteiger partial charge in [0.25, 0.3) is 0 Å². The average molecular weight is 293 g/mol. The molecule has 2 nitrogen and oxygen atoms in total. The van der Waals surface area contributed by atoms with E-state index in [2.05, 4.69) is 0 Å². The van der Waals surface area contributed by atoms with Crippen molar-refractivity contribution < 1.29 is 9.90 Å². The molecule has 0 saturated carbocycles. The number of aromatic carboxylic acids is 1. The van der Waals surface area contributed by atoms with E-state index in [-0.39, 0.29) is 0 Å². The highest BCUT2D eigenvalue weighted by atomic mass is 35.5. The number of carboxylic acids is 1. The Bertz CT molecular complexity index is 594. The van der Waals surface area contributed by atoms with Crippen LogP contribution in [0.4, 0.5) is 0 Å². The average Bonchev–Trinajstić information content (AvgIpc) is 2.41. The normalized spacial score (nSPS) is 10.4. The van der Waals surface area contributed by atoms with Crippen LogP contribution < -0.4 is 0 Å². The third-order valence-electron chi connectivity index (χ3n) is 2.72. The summed E-state index contributed by atoms with van der Waals surface area (Å²) >= 11 is 7.26. The van der Waals surface area contributed by atoms with Crippen molar-refractivity contribution in [2.75, 3.05) is 0 Å². The second-order valence-electron chi connectivity index (χ2n) is 4.05. The molecule has 0 spiro atoms. The van der Waals surface area contributed by atoms with Gasteiger partial charge in [-0.3, -0.25) is 0 Å². The molecule has 0 aliphatic heterocycles. The molecule has 0 aliphatic carbocycles. The quantitative estimate of drug-likeness (QED) is 0.883. The lowest BCUT2D eigenvalue weighted by Crippen LogP contribution is -2.00. The Morgan fingerprint density at radius 3 is 2.47 bits per heavy atom. The van der Waals surface area contributed by atoms with Crippen molar-refractivity contribution in [3.63, 3.8) is 0 Å². The predicted octanol–water partition coefficient (Wildman–Crippen LogP) is 4.75. The maximum atomic E-state index is 11.3. The molecule has 2 aromatic rings. The number of aryl methyl sites for hydroxylation is 1. The summed E-state index contributed by atoms with van der Waals surface area (Å²) in [7, 11) is 0. The smallest absolute Gasteiger partial charge is 0.336 e. The molecule has 19 heavy (non-hydrogen) atoms. The molecule has 0 aliphatic rings. The summed E-state index contributed by atoms with van der Waals surface area (Å²) < 4.78 is 0. The number of benzene rings is 2. The Kier molecular flexibility index (Phi) is 4.51. The summed E-state index contributed by atoms with van der Waals surface area (Å²) in [4.78, 5) is 13.0. The van der Waals surface area contributed by atoms with Crippen LogP contribution in [-0.4, -0.2) is 11.1 Å². The monoisotopic (exact) mass is 292 g/mol. The predicted molar refractivity (Wildman–Crippen MR) is 78.4 cm³/mol. The van der Waals surface area contributed by atoms with Crippen molar-refractivity contribution in [1.82, 2.24) is 0 Å². The Morgan fingerprint density at radius 1 is 1.21 bits per heavy atom. The van der Waals surface area contributed by atoms with Gasteiger partial charge in [-0.25, -0.2) is 4.79 Å². The lowest BCUT2D eigenvalue weighted by Gasteiger charge is -2.08. The van der Waals surface area contributed by atoms with Crippen molar-refractivity contribution >= 4 is 29.3 Å². The molecule has 4 heteroatoms. The zero-order valence-electron chi connectivity index (χ0n) is 10.4. The fourth-order valence-electron chi connectivity index (χ4n) is 1.68. The van der Waals surface area contributed by atoms with Crippen LogP contribution in [0.3, 0.4) is 0 Å². The number of carboxylic acid groups (broad SMARTS) is 1. The van der Waals surface area contributed by atoms with Crippen LogP contribution in [0, 0.1) is 0 Å². The Morgan fingerprint density at radius 2 is 1.89 bits per heavy atom. The molecule has 0 heterocycles. The van der Waals surface area contributed by atoms with E-state index in [0.717, 1.165) is 21.8 Å². The Labute approximate surface area is 121 Å². The molecule has 0 bridgehead atoms. The van der Waals surface area contributed by atoms with Crippen LogP contribution in [-0.2, 0) is 6.42 Å². The van der Waals surface area contributed by atoms with Gasteiger partial charge in [0, 0.05) is 14.8 Å². The molecule has 0 amide bonds. The zero-order valence-corrected chi connectivity index (χ0v) is 12.0. The second kappa shape index (κ2) is 6.13. The van der Waals surface area contributed by atoms with E-state index < -0.39 is 5.97 Å². The molecule has 0 radical (unpaired) electrons. The summed E-state index contributed by atoms with van der Waals surface area (Å²) in [6.07, 6.45) is 0.826. The van der Waals surface area contributed by atoms with Crippen molar-refractivity contribution in [1.29, 1.82) is 0 Å². The van der Waals surface area contributed by atoms with E-state index in [4.69, 9.17) is 11.6 Å². The van der Waals surface area contributed by atoms with Gasteiger partial charge in [0.05, 0.1) is 5.56 Å². The van der Waals surface area contributed by atoms with Crippen LogP contribution in [0.25, 0.3) is 0 Å². The first-order valence-corrected chi connectivity index (χ1v) is 7.09. The van der Waals surface area contributed by atoms with E-state index >= 15 is 0 Å². The van der Waals surface area contributed by atoms with Gasteiger partial charge in [-0.2, -0.15) is 0 Å². The minimum absolute atomic E-state index is 0.347. The molecule has 2 rings (SSSR count). The van der Waals surface area contributed by atoms with Crippen molar-refractivity contribution in [3.05, 3.63) is 58.6 Å². The zero-order chi connectivity index (χ0) is 13.8. The topological polar surface area (TPSA) is 37.3 Å². The van der Waals surface area contributed by atoms with Gasteiger partial charge < -0.3 is 5.11 Å². The van der Waals surface area contributed by atoms with Gasteiger partial charge in [-0.05, 0) is 48.4 Å². The highest BCUT2D eigenvalue weighted by molar-refractivity contribution is 7.99. The highest BCUT2D eigenvalue weighted by Crippen LogP contribution is 2.31. The molecule has 0 aromatic heterocycles. The third kappa shape index (κ3) is 3.52. The van der Waals surface area contributed by atoms with Crippen LogP contribution in [0.15, 0.2) is 52.3 Å². The van der Waals surface area contributed by atoms with E-state index in [1.807, 2.05) is 31.2 Å². The maximum absolute atomic E-state index is 11.3. The van der Waals surface area contributed by atoms with Gasteiger partial charge in [-0.15, -0.1) is 0 Å². The van der Waals surface area contributed by atoms with Gasteiger partial charge in [0.15, 0.2) is 0 Å². The SMILES string of the molecule is CCc1ccc(Sc2ccc(Cl)cc2)c(C(=O)O)c1. The summed E-state index contributed by atoms with van der Waals surface area (Å²) in [5.74, 6) is -0.897. The Balaban J connectivity index is 2.33. The number of carbonyl (C=O) groups is 1. The van der Waals surface area contributed by atoms with Crippen LogP contribution in [0.2, 0.25) is 5.02 Å². The lowest BCUT2D eigenvalue weighted by molar-refractivity contribution is 0.0693. The molecular formula is C15H13ClO2S.